The number of hydrogen-bond acceptors (Lipinski definition) is 4. The summed E-state index contributed by atoms with van der Waals surface area (Å²) >= 11 is 0. The number of amides is 1. The largest absolute Gasteiger partial charge is 0.484 e. The molecule has 1 amide bonds. The van der Waals surface area contributed by atoms with Gasteiger partial charge < -0.3 is 9.64 Å². The average molecular weight is 409 g/mol. The highest BCUT2D eigenvalue weighted by Crippen LogP contribution is 2.40. The number of piperidine rings is 1. The van der Waals surface area contributed by atoms with Gasteiger partial charge in [0.25, 0.3) is 5.91 Å². The van der Waals surface area contributed by atoms with E-state index in [1.54, 1.807) is 9.21 Å². The molecule has 1 aliphatic carbocycles. The van der Waals surface area contributed by atoms with Crippen molar-refractivity contribution < 1.29 is 17.9 Å². The molecule has 7 heteroatoms. The van der Waals surface area contributed by atoms with Crippen LogP contribution in [0.25, 0.3) is 0 Å². The predicted molar refractivity (Wildman–Crippen MR) is 110 cm³/mol. The molecule has 1 saturated carbocycles. The first kappa shape index (κ1) is 21.1. The lowest BCUT2D eigenvalue weighted by atomic mass is 9.90. The van der Waals surface area contributed by atoms with Crippen molar-refractivity contribution in [2.45, 2.75) is 45.1 Å². The Balaban J connectivity index is 1.52. The van der Waals surface area contributed by atoms with E-state index in [2.05, 4.69) is 0 Å². The minimum absolute atomic E-state index is 0.0278. The van der Waals surface area contributed by atoms with Crippen LogP contribution in [-0.4, -0.2) is 62.1 Å². The Morgan fingerprint density at radius 2 is 1.93 bits per heavy atom. The van der Waals surface area contributed by atoms with Crippen molar-refractivity contribution in [3.8, 4) is 5.75 Å². The molecular weight excluding hydrogens is 376 g/mol. The molecule has 6 nitrogen and oxygen atoms in total. The Kier molecular flexibility index (Phi) is 6.99. The van der Waals surface area contributed by atoms with Crippen molar-refractivity contribution >= 4 is 15.9 Å². The maximum Gasteiger partial charge on any atom is 0.260 e. The molecule has 2 fully saturated rings. The van der Waals surface area contributed by atoms with Crippen molar-refractivity contribution in [1.29, 1.82) is 0 Å². The van der Waals surface area contributed by atoms with Crippen LogP contribution in [0.4, 0.5) is 0 Å². The van der Waals surface area contributed by atoms with Gasteiger partial charge in [-0.05, 0) is 49.7 Å². The maximum absolute atomic E-state index is 12.5. The SMILES string of the molecule is CCCCS(=O)(=O)N1CC[C@@H]2C[C@H](N(C)C(=O)COc3ccccc3)C[C@@H]2C1. The van der Waals surface area contributed by atoms with E-state index >= 15 is 0 Å². The number of ether oxygens (including phenoxy) is 1. The van der Waals surface area contributed by atoms with Gasteiger partial charge in [0.15, 0.2) is 6.61 Å². The van der Waals surface area contributed by atoms with Gasteiger partial charge in [0.2, 0.25) is 10.0 Å². The van der Waals surface area contributed by atoms with E-state index in [1.165, 1.54) is 0 Å². The van der Waals surface area contributed by atoms with E-state index in [9.17, 15) is 13.2 Å². The van der Waals surface area contributed by atoms with Crippen molar-refractivity contribution in [3.63, 3.8) is 0 Å². The molecule has 1 heterocycles. The number of carbonyl (C=O) groups is 1. The molecule has 2 aliphatic rings. The zero-order valence-electron chi connectivity index (χ0n) is 16.9. The molecular formula is C21H32N2O4S. The van der Waals surface area contributed by atoms with Crippen LogP contribution in [-0.2, 0) is 14.8 Å². The third-order valence-corrected chi connectivity index (χ3v) is 8.12. The molecule has 1 aromatic carbocycles. The van der Waals surface area contributed by atoms with Crippen LogP contribution in [0.15, 0.2) is 30.3 Å². The highest BCUT2D eigenvalue weighted by Gasteiger charge is 2.42. The van der Waals surface area contributed by atoms with Crippen molar-refractivity contribution in [2.24, 2.45) is 11.8 Å². The summed E-state index contributed by atoms with van der Waals surface area (Å²) in [5.41, 5.74) is 0. The molecule has 0 radical (unpaired) electrons. The summed E-state index contributed by atoms with van der Waals surface area (Å²) in [5.74, 6) is 1.77. The Bertz CT molecular complexity index is 753. The molecule has 1 aromatic rings. The van der Waals surface area contributed by atoms with E-state index in [0.29, 0.717) is 37.1 Å². The number of likely N-dealkylation sites (N-methyl/N-ethyl adjacent to an activating group) is 1. The first-order chi connectivity index (χ1) is 13.4. The monoisotopic (exact) mass is 408 g/mol. The average Bonchev–Trinajstić information content (AvgIpc) is 3.14. The quantitative estimate of drug-likeness (QED) is 0.663. The lowest BCUT2D eigenvalue weighted by Crippen LogP contribution is -2.43. The Morgan fingerprint density at radius 1 is 1.21 bits per heavy atom. The van der Waals surface area contributed by atoms with Crippen LogP contribution in [0.2, 0.25) is 0 Å². The van der Waals surface area contributed by atoms with Crippen LogP contribution in [0, 0.1) is 11.8 Å². The van der Waals surface area contributed by atoms with Gasteiger partial charge in [-0.1, -0.05) is 31.5 Å². The van der Waals surface area contributed by atoms with Crippen molar-refractivity contribution in [2.75, 3.05) is 32.5 Å². The highest BCUT2D eigenvalue weighted by molar-refractivity contribution is 7.89. The first-order valence-corrected chi connectivity index (χ1v) is 11.9. The summed E-state index contributed by atoms with van der Waals surface area (Å²) in [4.78, 5) is 14.3. The summed E-state index contributed by atoms with van der Waals surface area (Å²) in [6.45, 7) is 3.27. The van der Waals surface area contributed by atoms with Crippen LogP contribution in [0.1, 0.15) is 39.0 Å². The number of carbonyl (C=O) groups excluding carboxylic acids is 1. The van der Waals surface area contributed by atoms with Crippen molar-refractivity contribution in [3.05, 3.63) is 30.3 Å². The van der Waals surface area contributed by atoms with Crippen LogP contribution in [0.5, 0.6) is 5.75 Å². The Labute approximate surface area is 168 Å². The number of nitrogens with zero attached hydrogens (tertiary/aromatic N) is 2. The molecule has 0 unspecified atom stereocenters. The molecule has 1 saturated heterocycles. The predicted octanol–water partition coefficient (Wildman–Crippen LogP) is 2.75. The third-order valence-electron chi connectivity index (χ3n) is 6.20. The van der Waals surface area contributed by atoms with Gasteiger partial charge in [-0.2, -0.15) is 0 Å². The topological polar surface area (TPSA) is 66.9 Å². The summed E-state index contributed by atoms with van der Waals surface area (Å²) in [7, 11) is -1.30. The molecule has 0 bridgehead atoms. The Morgan fingerprint density at radius 3 is 2.64 bits per heavy atom. The molecule has 0 N–H and O–H groups in total. The smallest absolute Gasteiger partial charge is 0.260 e. The minimum atomic E-state index is -3.14. The summed E-state index contributed by atoms with van der Waals surface area (Å²) in [6, 6.07) is 9.51. The molecule has 3 atom stereocenters. The normalized spacial score (nSPS) is 25.3. The fourth-order valence-electron chi connectivity index (χ4n) is 4.41. The van der Waals surface area contributed by atoms with Gasteiger partial charge in [0.05, 0.1) is 5.75 Å². The summed E-state index contributed by atoms with van der Waals surface area (Å²) in [5, 5.41) is 0. The lowest BCUT2D eigenvalue weighted by molar-refractivity contribution is -0.134. The van der Waals surface area contributed by atoms with E-state index in [4.69, 9.17) is 4.74 Å². The first-order valence-electron chi connectivity index (χ1n) is 10.3. The van der Waals surface area contributed by atoms with Gasteiger partial charge in [0, 0.05) is 26.2 Å². The van der Waals surface area contributed by atoms with Crippen LogP contribution in [0.3, 0.4) is 0 Å². The van der Waals surface area contributed by atoms with Gasteiger partial charge in [-0.25, -0.2) is 12.7 Å². The van der Waals surface area contributed by atoms with E-state index in [1.807, 2.05) is 44.3 Å². The molecule has 156 valence electrons. The third kappa shape index (κ3) is 5.06. The number of para-hydroxylation sites is 1. The van der Waals surface area contributed by atoms with Crippen LogP contribution < -0.4 is 4.74 Å². The molecule has 3 rings (SSSR count). The second-order valence-corrected chi connectivity index (χ2v) is 10.2. The fraction of sp³-hybridized carbons (Fsp3) is 0.667. The maximum atomic E-state index is 12.5. The molecule has 0 spiro atoms. The Hall–Kier alpha value is -1.60. The van der Waals surface area contributed by atoms with Gasteiger partial charge in [0.1, 0.15) is 5.75 Å². The number of unbranched alkanes of at least 4 members (excludes halogenated alkanes) is 1. The van der Waals surface area contributed by atoms with Gasteiger partial charge in [-0.3, -0.25) is 4.79 Å². The number of hydrogen-bond donors (Lipinski definition) is 0. The standard InChI is InChI=1S/C21H32N2O4S/c1-3-4-12-28(25,26)23-11-10-17-13-19(14-18(17)15-23)22(2)21(24)16-27-20-8-6-5-7-9-20/h5-9,17-19H,3-4,10-16H2,1-2H3/t17-,18-,19+/m1/s1. The number of benzene rings is 1. The second-order valence-electron chi connectivity index (χ2n) is 8.07. The molecule has 0 aromatic heterocycles. The minimum Gasteiger partial charge on any atom is -0.484 e. The molecule has 28 heavy (non-hydrogen) atoms. The summed E-state index contributed by atoms with van der Waals surface area (Å²) < 4.78 is 32.3. The van der Waals surface area contributed by atoms with E-state index < -0.39 is 10.0 Å². The number of fused-ring (bicyclic) bond motifs is 1. The van der Waals surface area contributed by atoms with Crippen LogP contribution >= 0.6 is 0 Å². The zero-order valence-corrected chi connectivity index (χ0v) is 17.7. The van der Waals surface area contributed by atoms with Gasteiger partial charge in [-0.15, -0.1) is 0 Å². The number of rotatable bonds is 8. The van der Waals surface area contributed by atoms with Gasteiger partial charge >= 0.3 is 0 Å². The molecule has 1 aliphatic heterocycles. The summed E-state index contributed by atoms with van der Waals surface area (Å²) in [6.07, 6.45) is 4.33. The fourth-order valence-corrected chi connectivity index (χ4v) is 6.13. The zero-order chi connectivity index (χ0) is 20.1. The highest BCUT2D eigenvalue weighted by atomic mass is 32.2. The van der Waals surface area contributed by atoms with E-state index in [0.717, 1.165) is 25.7 Å². The second kappa shape index (κ2) is 9.27. The van der Waals surface area contributed by atoms with E-state index in [-0.39, 0.29) is 24.3 Å². The lowest BCUT2D eigenvalue weighted by Gasteiger charge is -2.34. The number of sulfonamides is 1. The van der Waals surface area contributed by atoms with Crippen molar-refractivity contribution in [1.82, 2.24) is 9.21 Å².